The lowest BCUT2D eigenvalue weighted by atomic mass is 10.1. The summed E-state index contributed by atoms with van der Waals surface area (Å²) < 4.78 is 0. The van der Waals surface area contributed by atoms with Crippen molar-refractivity contribution < 1.29 is 14.7 Å². The van der Waals surface area contributed by atoms with Gasteiger partial charge in [-0.15, -0.1) is 11.8 Å². The molecule has 1 atom stereocenters. The summed E-state index contributed by atoms with van der Waals surface area (Å²) in [5, 5.41) is 14.9. The van der Waals surface area contributed by atoms with Crippen LogP contribution in [-0.2, 0) is 9.59 Å². The highest BCUT2D eigenvalue weighted by Crippen LogP contribution is 2.18. The number of aliphatic hydroxyl groups is 1. The Morgan fingerprint density at radius 3 is 2.57 bits per heavy atom. The molecule has 0 bridgehead atoms. The largest absolute Gasteiger partial charge is 0.387 e. The van der Waals surface area contributed by atoms with Gasteiger partial charge in [-0.3, -0.25) is 14.6 Å². The average molecular weight is 331 g/mol. The molecule has 2 amide bonds. The Labute approximate surface area is 138 Å². The fourth-order valence-corrected chi connectivity index (χ4v) is 2.25. The number of nitrogens with zero attached hydrogens (tertiary/aromatic N) is 1. The maximum atomic E-state index is 11.7. The normalized spacial score (nSPS) is 11.6. The summed E-state index contributed by atoms with van der Waals surface area (Å²) in [7, 11) is 0. The van der Waals surface area contributed by atoms with E-state index in [1.807, 2.05) is 18.4 Å². The molecule has 0 fully saturated rings. The highest BCUT2D eigenvalue weighted by Gasteiger charge is 2.16. The van der Waals surface area contributed by atoms with E-state index < -0.39 is 17.9 Å². The van der Waals surface area contributed by atoms with Gasteiger partial charge in [0.05, 0.1) is 18.0 Å². The van der Waals surface area contributed by atoms with Crippen LogP contribution in [0.2, 0.25) is 0 Å². The van der Waals surface area contributed by atoms with E-state index >= 15 is 0 Å². The zero-order valence-corrected chi connectivity index (χ0v) is 13.3. The van der Waals surface area contributed by atoms with Gasteiger partial charge in [0, 0.05) is 17.6 Å². The molecule has 1 heterocycles. The molecule has 0 saturated carbocycles. The number of aliphatic hydroxyl groups excluding tert-OH is 1. The zero-order valence-electron chi connectivity index (χ0n) is 12.5. The number of hydrogen-bond donors (Lipinski definition) is 3. The number of thioether (sulfide) groups is 1. The average Bonchev–Trinajstić information content (AvgIpc) is 2.60. The van der Waals surface area contributed by atoms with Gasteiger partial charge in [0.2, 0.25) is 0 Å². The minimum absolute atomic E-state index is 0.0437. The Morgan fingerprint density at radius 2 is 1.96 bits per heavy atom. The maximum Gasteiger partial charge on any atom is 0.313 e. The minimum Gasteiger partial charge on any atom is -0.387 e. The molecular weight excluding hydrogens is 314 g/mol. The van der Waals surface area contributed by atoms with Crippen molar-refractivity contribution in [3.05, 3.63) is 54.4 Å². The van der Waals surface area contributed by atoms with Crippen LogP contribution in [-0.4, -0.2) is 34.7 Å². The summed E-state index contributed by atoms with van der Waals surface area (Å²) >= 11 is 1.60. The van der Waals surface area contributed by atoms with Gasteiger partial charge >= 0.3 is 11.8 Å². The monoisotopic (exact) mass is 331 g/mol. The van der Waals surface area contributed by atoms with E-state index in [0.29, 0.717) is 11.3 Å². The van der Waals surface area contributed by atoms with Gasteiger partial charge in [-0.25, -0.2) is 0 Å². The molecule has 6 nitrogen and oxygen atoms in total. The predicted octanol–water partition coefficient (Wildman–Crippen LogP) is 1.59. The van der Waals surface area contributed by atoms with Crippen LogP contribution in [0.4, 0.5) is 5.69 Å². The van der Waals surface area contributed by atoms with Crippen LogP contribution in [0.5, 0.6) is 0 Å². The van der Waals surface area contributed by atoms with Crippen LogP contribution in [0, 0.1) is 0 Å². The molecule has 23 heavy (non-hydrogen) atoms. The summed E-state index contributed by atoms with van der Waals surface area (Å²) in [6, 6.07) is 10.6. The second-order valence-corrected chi connectivity index (χ2v) is 5.57. The molecule has 0 aliphatic carbocycles. The van der Waals surface area contributed by atoms with E-state index in [1.54, 1.807) is 42.2 Å². The van der Waals surface area contributed by atoms with Crippen LogP contribution in [0.25, 0.3) is 0 Å². The standard InChI is InChI=1S/C16H17N3O3S/c1-23-13-6-4-11(5-7-13)14(20)10-18-15(21)16(22)19-12-3-2-8-17-9-12/h2-9,14,20H,10H2,1H3,(H,18,21)(H,19,22)/t14-/m0/s1. The first-order valence-electron chi connectivity index (χ1n) is 6.91. The molecule has 0 spiro atoms. The van der Waals surface area contributed by atoms with Gasteiger partial charge in [-0.2, -0.15) is 0 Å². The number of carbonyl (C=O) groups is 2. The van der Waals surface area contributed by atoms with Gasteiger partial charge in [-0.05, 0) is 36.1 Å². The van der Waals surface area contributed by atoms with Gasteiger partial charge in [0.1, 0.15) is 0 Å². The summed E-state index contributed by atoms with van der Waals surface area (Å²) in [6.45, 7) is -0.0437. The molecule has 2 aromatic rings. The summed E-state index contributed by atoms with van der Waals surface area (Å²) in [5.74, 6) is -1.61. The Hall–Kier alpha value is -2.38. The van der Waals surface area contributed by atoms with Crippen molar-refractivity contribution in [3.63, 3.8) is 0 Å². The fourth-order valence-electron chi connectivity index (χ4n) is 1.84. The fraction of sp³-hybridized carbons (Fsp3) is 0.188. The summed E-state index contributed by atoms with van der Waals surface area (Å²) in [5.41, 5.74) is 1.11. The Balaban J connectivity index is 1.84. The van der Waals surface area contributed by atoms with Crippen LogP contribution in [0.15, 0.2) is 53.7 Å². The van der Waals surface area contributed by atoms with Crippen molar-refractivity contribution in [1.82, 2.24) is 10.3 Å². The lowest BCUT2D eigenvalue weighted by Gasteiger charge is -2.12. The first kappa shape index (κ1) is 17.0. The van der Waals surface area contributed by atoms with Crippen molar-refractivity contribution in [2.75, 3.05) is 18.1 Å². The van der Waals surface area contributed by atoms with Crippen LogP contribution >= 0.6 is 11.8 Å². The van der Waals surface area contributed by atoms with Crippen LogP contribution in [0.3, 0.4) is 0 Å². The van der Waals surface area contributed by atoms with Gasteiger partial charge < -0.3 is 15.7 Å². The number of hydrogen-bond acceptors (Lipinski definition) is 5. The van der Waals surface area contributed by atoms with E-state index in [0.717, 1.165) is 4.90 Å². The second-order valence-electron chi connectivity index (χ2n) is 4.69. The number of rotatable bonds is 5. The van der Waals surface area contributed by atoms with Crippen LogP contribution < -0.4 is 10.6 Å². The molecule has 0 aliphatic heterocycles. The molecular formula is C16H17N3O3S. The predicted molar refractivity (Wildman–Crippen MR) is 89.1 cm³/mol. The number of amides is 2. The van der Waals surface area contributed by atoms with Crippen molar-refractivity contribution in [1.29, 1.82) is 0 Å². The highest BCUT2D eigenvalue weighted by atomic mass is 32.2. The highest BCUT2D eigenvalue weighted by molar-refractivity contribution is 7.98. The molecule has 120 valence electrons. The van der Waals surface area contributed by atoms with E-state index in [9.17, 15) is 14.7 Å². The van der Waals surface area contributed by atoms with E-state index in [-0.39, 0.29) is 6.54 Å². The molecule has 7 heteroatoms. The number of pyridine rings is 1. The molecule has 0 aliphatic rings. The van der Waals surface area contributed by atoms with Crippen LogP contribution in [0.1, 0.15) is 11.7 Å². The Kier molecular flexibility index (Phi) is 6.13. The van der Waals surface area contributed by atoms with E-state index in [4.69, 9.17) is 0 Å². The number of nitrogens with one attached hydrogen (secondary N) is 2. The number of benzene rings is 1. The van der Waals surface area contributed by atoms with E-state index in [1.165, 1.54) is 6.20 Å². The summed E-state index contributed by atoms with van der Waals surface area (Å²) in [4.78, 5) is 28.4. The third kappa shape index (κ3) is 5.08. The maximum absolute atomic E-state index is 11.7. The quantitative estimate of drug-likeness (QED) is 0.572. The number of anilines is 1. The Morgan fingerprint density at radius 1 is 1.22 bits per heavy atom. The van der Waals surface area contributed by atoms with E-state index in [2.05, 4.69) is 15.6 Å². The molecule has 1 aromatic carbocycles. The van der Waals surface area contributed by atoms with Gasteiger partial charge in [0.15, 0.2) is 0 Å². The smallest absolute Gasteiger partial charge is 0.313 e. The van der Waals surface area contributed by atoms with Crippen molar-refractivity contribution >= 4 is 29.3 Å². The molecule has 0 unspecified atom stereocenters. The third-order valence-electron chi connectivity index (χ3n) is 3.08. The molecule has 0 radical (unpaired) electrons. The number of carbonyl (C=O) groups excluding carboxylic acids is 2. The molecule has 0 saturated heterocycles. The lowest BCUT2D eigenvalue weighted by Crippen LogP contribution is -2.37. The molecule has 3 N–H and O–H groups in total. The topological polar surface area (TPSA) is 91.3 Å². The SMILES string of the molecule is CSc1ccc([C@@H](O)CNC(=O)C(=O)Nc2cccnc2)cc1. The Bertz CT molecular complexity index is 662. The minimum atomic E-state index is -0.874. The lowest BCUT2D eigenvalue weighted by molar-refractivity contribution is -0.136. The second kappa shape index (κ2) is 8.30. The van der Waals surface area contributed by atoms with Crippen molar-refractivity contribution in [3.8, 4) is 0 Å². The molecule has 1 aromatic heterocycles. The first-order valence-corrected chi connectivity index (χ1v) is 8.14. The zero-order chi connectivity index (χ0) is 16.7. The first-order chi connectivity index (χ1) is 11.1. The van der Waals surface area contributed by atoms with Gasteiger partial charge in [-0.1, -0.05) is 12.1 Å². The summed E-state index contributed by atoms with van der Waals surface area (Å²) in [6.07, 6.45) is 4.09. The van der Waals surface area contributed by atoms with Crippen molar-refractivity contribution in [2.24, 2.45) is 0 Å². The van der Waals surface area contributed by atoms with Crippen molar-refractivity contribution in [2.45, 2.75) is 11.0 Å². The third-order valence-corrected chi connectivity index (χ3v) is 3.83. The van der Waals surface area contributed by atoms with Gasteiger partial charge in [0.25, 0.3) is 0 Å². The molecule has 2 rings (SSSR count). The number of aromatic nitrogens is 1.